The lowest BCUT2D eigenvalue weighted by molar-refractivity contribution is 0.000769. The van der Waals surface area contributed by atoms with E-state index in [-0.39, 0.29) is 11.9 Å². The SMILES string of the molecule is CC(C)N(C)C[C@@H]1CN(c2ccc3nc(-c4n[nH]c5cc(F)ccc45)[nH]c3c2)[C@@H](C)CO1. The number of rotatable bonds is 5. The lowest BCUT2D eigenvalue weighted by atomic mass is 10.1. The number of benzene rings is 2. The third kappa shape index (κ3) is 3.84. The van der Waals surface area contributed by atoms with Crippen LogP contribution in [0.2, 0.25) is 0 Å². The van der Waals surface area contributed by atoms with E-state index < -0.39 is 0 Å². The molecule has 1 aliphatic heterocycles. The Hall–Kier alpha value is -2.97. The standard InChI is InChI=1S/C24H29FN6O/c1-14(2)30(4)11-18-12-31(15(3)13-32-18)17-6-8-20-22(10-17)27-24(26-20)23-19-7-5-16(25)9-21(19)28-29-23/h5-10,14-15,18H,11-13H2,1-4H3,(H,26,27)(H,28,29)/t15-,18+/m0/s1. The molecule has 2 aromatic heterocycles. The summed E-state index contributed by atoms with van der Waals surface area (Å²) in [5.41, 5.74) is 4.31. The lowest BCUT2D eigenvalue weighted by Gasteiger charge is -2.41. The number of imidazole rings is 1. The highest BCUT2D eigenvalue weighted by atomic mass is 19.1. The predicted molar refractivity (Wildman–Crippen MR) is 125 cm³/mol. The number of ether oxygens (including phenoxy) is 1. The number of nitrogens with one attached hydrogen (secondary N) is 2. The Balaban J connectivity index is 1.43. The maximum Gasteiger partial charge on any atom is 0.159 e. The molecular formula is C24H29FN6O. The first-order chi connectivity index (χ1) is 15.4. The molecular weight excluding hydrogens is 407 g/mol. The Morgan fingerprint density at radius 1 is 1.22 bits per heavy atom. The van der Waals surface area contributed by atoms with E-state index in [0.717, 1.165) is 35.2 Å². The number of hydrogen-bond donors (Lipinski definition) is 2. The van der Waals surface area contributed by atoms with Crippen LogP contribution >= 0.6 is 0 Å². The van der Waals surface area contributed by atoms with E-state index in [1.165, 1.54) is 12.1 Å². The van der Waals surface area contributed by atoms with Gasteiger partial charge in [-0.2, -0.15) is 5.10 Å². The van der Waals surface area contributed by atoms with Crippen molar-refractivity contribution >= 4 is 27.6 Å². The summed E-state index contributed by atoms with van der Waals surface area (Å²) < 4.78 is 19.6. The number of nitrogens with zero attached hydrogens (tertiary/aromatic N) is 4. The van der Waals surface area contributed by atoms with Crippen molar-refractivity contribution in [3.05, 3.63) is 42.2 Å². The third-order valence-electron chi connectivity index (χ3n) is 6.42. The minimum Gasteiger partial charge on any atom is -0.373 e. The van der Waals surface area contributed by atoms with Crippen molar-refractivity contribution in [1.82, 2.24) is 25.1 Å². The van der Waals surface area contributed by atoms with Gasteiger partial charge in [0.15, 0.2) is 5.82 Å². The van der Waals surface area contributed by atoms with Crippen molar-refractivity contribution in [2.75, 3.05) is 31.6 Å². The second-order valence-electron chi connectivity index (χ2n) is 9.04. The number of halogens is 1. The van der Waals surface area contributed by atoms with Crippen molar-refractivity contribution < 1.29 is 9.13 Å². The van der Waals surface area contributed by atoms with Crippen molar-refractivity contribution in [2.24, 2.45) is 0 Å². The van der Waals surface area contributed by atoms with Crippen LogP contribution in [0.25, 0.3) is 33.5 Å². The Kier molecular flexibility index (Phi) is 5.35. The molecule has 0 radical (unpaired) electrons. The summed E-state index contributed by atoms with van der Waals surface area (Å²) >= 11 is 0. The van der Waals surface area contributed by atoms with Crippen molar-refractivity contribution in [2.45, 2.75) is 39.0 Å². The number of hydrogen-bond acceptors (Lipinski definition) is 5. The summed E-state index contributed by atoms with van der Waals surface area (Å²) in [6, 6.07) is 11.7. The van der Waals surface area contributed by atoms with Crippen LogP contribution in [0.15, 0.2) is 36.4 Å². The van der Waals surface area contributed by atoms with Crippen LogP contribution in [0.4, 0.5) is 10.1 Å². The monoisotopic (exact) mass is 436 g/mol. The number of H-pyrrole nitrogens is 2. The van der Waals surface area contributed by atoms with Gasteiger partial charge in [-0.15, -0.1) is 0 Å². The molecule has 0 unspecified atom stereocenters. The summed E-state index contributed by atoms with van der Waals surface area (Å²) in [4.78, 5) is 12.9. The van der Waals surface area contributed by atoms with E-state index in [1.54, 1.807) is 6.07 Å². The zero-order valence-corrected chi connectivity index (χ0v) is 18.9. The van der Waals surface area contributed by atoms with E-state index in [0.29, 0.717) is 35.7 Å². The molecule has 7 nitrogen and oxygen atoms in total. The Labute approximate surface area is 186 Å². The van der Waals surface area contributed by atoms with Crippen LogP contribution < -0.4 is 4.90 Å². The number of anilines is 1. The molecule has 1 fully saturated rings. The minimum absolute atomic E-state index is 0.169. The van der Waals surface area contributed by atoms with Gasteiger partial charge in [0, 0.05) is 36.2 Å². The topological polar surface area (TPSA) is 73.1 Å². The molecule has 0 spiro atoms. The normalized spacial score (nSPS) is 19.7. The molecule has 0 saturated carbocycles. The fourth-order valence-corrected chi connectivity index (χ4v) is 4.28. The second kappa shape index (κ2) is 8.18. The van der Waals surface area contributed by atoms with E-state index >= 15 is 0 Å². The number of aromatic amines is 2. The number of fused-ring (bicyclic) bond motifs is 2. The van der Waals surface area contributed by atoms with Crippen molar-refractivity contribution in [3.63, 3.8) is 0 Å². The Morgan fingerprint density at radius 3 is 2.88 bits per heavy atom. The fourth-order valence-electron chi connectivity index (χ4n) is 4.28. The van der Waals surface area contributed by atoms with E-state index in [4.69, 9.17) is 9.72 Å². The van der Waals surface area contributed by atoms with Crippen LogP contribution in [-0.2, 0) is 4.74 Å². The Morgan fingerprint density at radius 2 is 2.06 bits per heavy atom. The molecule has 32 heavy (non-hydrogen) atoms. The van der Waals surface area contributed by atoms with Gasteiger partial charge in [0.2, 0.25) is 0 Å². The molecule has 3 heterocycles. The Bertz CT molecular complexity index is 1250. The highest BCUT2D eigenvalue weighted by Crippen LogP contribution is 2.30. The molecule has 2 N–H and O–H groups in total. The van der Waals surface area contributed by atoms with Gasteiger partial charge in [0.1, 0.15) is 11.5 Å². The van der Waals surface area contributed by atoms with Crippen LogP contribution in [0.1, 0.15) is 20.8 Å². The first-order valence-corrected chi connectivity index (χ1v) is 11.1. The summed E-state index contributed by atoms with van der Waals surface area (Å²) in [5.74, 6) is 0.376. The number of morpholine rings is 1. The quantitative estimate of drug-likeness (QED) is 0.491. The smallest absolute Gasteiger partial charge is 0.159 e. The maximum atomic E-state index is 13.5. The molecule has 8 heteroatoms. The number of aromatic nitrogens is 4. The number of likely N-dealkylation sites (N-methyl/N-ethyl adjacent to an activating group) is 1. The highest BCUT2D eigenvalue weighted by Gasteiger charge is 2.28. The molecule has 0 aliphatic carbocycles. The van der Waals surface area contributed by atoms with E-state index in [1.807, 2.05) is 6.07 Å². The van der Waals surface area contributed by atoms with Gasteiger partial charge in [-0.1, -0.05) is 0 Å². The minimum atomic E-state index is -0.292. The molecule has 168 valence electrons. The second-order valence-corrected chi connectivity index (χ2v) is 9.04. The van der Waals surface area contributed by atoms with Crippen LogP contribution in [0.3, 0.4) is 0 Å². The van der Waals surface area contributed by atoms with Gasteiger partial charge < -0.3 is 19.5 Å². The molecule has 5 rings (SSSR count). The first kappa shape index (κ1) is 20.9. The molecule has 2 atom stereocenters. The zero-order chi connectivity index (χ0) is 22.4. The summed E-state index contributed by atoms with van der Waals surface area (Å²) in [6.07, 6.45) is 0.169. The largest absolute Gasteiger partial charge is 0.373 e. The third-order valence-corrected chi connectivity index (χ3v) is 6.42. The van der Waals surface area contributed by atoms with Gasteiger partial charge >= 0.3 is 0 Å². The molecule has 0 bridgehead atoms. The predicted octanol–water partition coefficient (Wildman–Crippen LogP) is 4.18. The average molecular weight is 437 g/mol. The van der Waals surface area contributed by atoms with E-state index in [2.05, 4.69) is 64.9 Å². The molecule has 4 aromatic rings. The van der Waals surface area contributed by atoms with Crippen LogP contribution in [0.5, 0.6) is 0 Å². The van der Waals surface area contributed by atoms with Gasteiger partial charge in [-0.25, -0.2) is 9.37 Å². The molecule has 0 amide bonds. The van der Waals surface area contributed by atoms with Crippen molar-refractivity contribution in [1.29, 1.82) is 0 Å². The van der Waals surface area contributed by atoms with Gasteiger partial charge in [0.05, 0.1) is 29.3 Å². The van der Waals surface area contributed by atoms with Gasteiger partial charge in [0.25, 0.3) is 0 Å². The molecule has 2 aromatic carbocycles. The average Bonchev–Trinajstić information content (AvgIpc) is 3.37. The fraction of sp³-hybridized carbons (Fsp3) is 0.417. The van der Waals surface area contributed by atoms with Gasteiger partial charge in [-0.05, 0) is 64.2 Å². The van der Waals surface area contributed by atoms with Crippen LogP contribution in [-0.4, -0.2) is 70.0 Å². The van der Waals surface area contributed by atoms with Crippen LogP contribution in [0, 0.1) is 5.82 Å². The molecule has 1 saturated heterocycles. The first-order valence-electron chi connectivity index (χ1n) is 11.1. The molecule has 1 aliphatic rings. The highest BCUT2D eigenvalue weighted by molar-refractivity contribution is 5.93. The maximum absolute atomic E-state index is 13.5. The van der Waals surface area contributed by atoms with Gasteiger partial charge in [-0.3, -0.25) is 5.10 Å². The van der Waals surface area contributed by atoms with Crippen molar-refractivity contribution in [3.8, 4) is 11.5 Å². The summed E-state index contributed by atoms with van der Waals surface area (Å²) in [5, 5.41) is 8.09. The summed E-state index contributed by atoms with van der Waals surface area (Å²) in [7, 11) is 2.14. The lowest BCUT2D eigenvalue weighted by Crippen LogP contribution is -2.52. The summed E-state index contributed by atoms with van der Waals surface area (Å²) in [6.45, 7) is 9.06. The zero-order valence-electron chi connectivity index (χ0n) is 18.9. The van der Waals surface area contributed by atoms with E-state index in [9.17, 15) is 4.39 Å².